The van der Waals surface area contributed by atoms with Gasteiger partial charge in [0.05, 0.1) is 119 Å². The molecule has 0 aliphatic carbocycles. The van der Waals surface area contributed by atoms with E-state index in [4.69, 9.17) is 91.0 Å². The Labute approximate surface area is 437 Å². The summed E-state index contributed by atoms with van der Waals surface area (Å²) in [6.45, 7) is 8.31. The molecule has 8 heterocycles. The second kappa shape index (κ2) is 24.2. The lowest BCUT2D eigenvalue weighted by atomic mass is 9.66. The molecule has 398 valence electrons. The predicted octanol–water partition coefficient (Wildman–Crippen LogP) is 3.59. The highest BCUT2D eigenvalue weighted by atomic mass is 16.6. The number of ether oxygens (including phenoxy) is 15. The summed E-state index contributed by atoms with van der Waals surface area (Å²) in [4.78, 5) is 22.1. The Morgan fingerprint density at radius 3 is 1.01 bits per heavy atom. The summed E-state index contributed by atoms with van der Waals surface area (Å²) in [5.74, 6) is 5.08. The Balaban J connectivity index is 1.10. The molecule has 2 aromatic heterocycles. The monoisotopic (exact) mass is 1040 g/mol. The molecule has 12 rings (SSSR count). The van der Waals surface area contributed by atoms with Crippen LogP contribution >= 0.6 is 0 Å². The van der Waals surface area contributed by atoms with E-state index in [2.05, 4.69) is 21.1 Å². The maximum absolute atomic E-state index is 6.52. The highest BCUT2D eigenvalue weighted by molar-refractivity contribution is 6.72. The smallest absolute Gasteiger partial charge is 0.425 e. The van der Waals surface area contributed by atoms with E-state index in [9.17, 15) is 0 Å². The van der Waals surface area contributed by atoms with Gasteiger partial charge in [-0.2, -0.15) is 0 Å². The van der Waals surface area contributed by atoms with Crippen molar-refractivity contribution in [3.8, 4) is 34.5 Å². The summed E-state index contributed by atoms with van der Waals surface area (Å²) >= 11 is 0. The van der Waals surface area contributed by atoms with Crippen molar-refractivity contribution in [3.05, 3.63) is 88.8 Å². The van der Waals surface area contributed by atoms with Crippen LogP contribution in [0.3, 0.4) is 0 Å². The summed E-state index contributed by atoms with van der Waals surface area (Å²) in [5, 5.41) is 3.05. The fourth-order valence-corrected chi connectivity index (χ4v) is 9.73. The van der Waals surface area contributed by atoms with Gasteiger partial charge in [-0.1, -0.05) is 30.3 Å². The number of aliphatic imine (C=N–C) groups is 2. The van der Waals surface area contributed by atoms with Crippen molar-refractivity contribution in [2.45, 2.75) is 0 Å². The molecule has 6 aromatic rings. The van der Waals surface area contributed by atoms with Crippen LogP contribution in [-0.2, 0) is 42.6 Å². The van der Waals surface area contributed by atoms with Crippen LogP contribution in [0.5, 0.6) is 34.5 Å². The van der Waals surface area contributed by atoms with Crippen molar-refractivity contribution in [2.75, 3.05) is 159 Å². The second-order valence-electron chi connectivity index (χ2n) is 18.0. The van der Waals surface area contributed by atoms with Crippen molar-refractivity contribution >= 4 is 57.3 Å². The van der Waals surface area contributed by atoms with E-state index >= 15 is 0 Å². The third kappa shape index (κ3) is 10.9. The van der Waals surface area contributed by atoms with Crippen LogP contribution in [0.4, 0.5) is 11.6 Å². The average Bonchev–Trinajstić information content (AvgIpc) is 4.26. The zero-order valence-corrected chi connectivity index (χ0v) is 42.2. The van der Waals surface area contributed by atoms with E-state index in [-0.39, 0.29) is 39.6 Å². The summed E-state index contributed by atoms with van der Waals surface area (Å²) in [6, 6.07) is 22.0. The summed E-state index contributed by atoms with van der Waals surface area (Å²) < 4.78 is 95.4. The van der Waals surface area contributed by atoms with Gasteiger partial charge in [-0.15, -0.1) is 0 Å². The molecule has 21 nitrogen and oxygen atoms in total. The minimum Gasteiger partial charge on any atom is -0.487 e. The molecule has 22 heteroatoms. The van der Waals surface area contributed by atoms with Gasteiger partial charge in [-0.25, -0.2) is 20.0 Å². The number of benzene rings is 4. The maximum atomic E-state index is 6.52. The standard InChI is InChI=1S/C54H59BN6O15/c1-2-4-36(5-3-1)55-60-51-39-32-45-47(75-28-22-69-16-10-63-8-14-67-20-26-73-45)34-41(39)53(60)59-54-42-35-48-46(74-27-21-68-15-9-64-11-17-70-23-29-76-48)33-40(42)52(61(54)55)58-50-38-31-44-43(30-37(38)49(56-50)57-51)71-24-18-65-12-6-62-7-13-66-19-25-72-44/h1-5,30-35H,6-29H2. The van der Waals surface area contributed by atoms with Crippen LogP contribution < -0.4 is 44.9 Å². The molecule has 6 aliphatic rings. The number of fused-ring (bicyclic) bond motifs is 13. The number of amidine groups is 2. The molecular weight excluding hydrogens is 983 g/mol. The van der Waals surface area contributed by atoms with Crippen LogP contribution in [0.1, 0.15) is 11.1 Å². The zero-order valence-electron chi connectivity index (χ0n) is 42.2. The molecule has 76 heavy (non-hydrogen) atoms. The maximum Gasteiger partial charge on any atom is 0.425 e. The van der Waals surface area contributed by atoms with E-state index in [0.29, 0.717) is 199 Å². The molecule has 0 spiro atoms. The van der Waals surface area contributed by atoms with Gasteiger partial charge in [-0.05, 0) is 41.9 Å². The summed E-state index contributed by atoms with van der Waals surface area (Å²) in [6.07, 6.45) is 0. The van der Waals surface area contributed by atoms with Gasteiger partial charge in [0, 0.05) is 32.7 Å². The van der Waals surface area contributed by atoms with Crippen molar-refractivity contribution in [1.82, 2.24) is 8.96 Å². The fourth-order valence-electron chi connectivity index (χ4n) is 9.73. The number of aromatic nitrogens is 2. The quantitative estimate of drug-likeness (QED) is 0.216. The van der Waals surface area contributed by atoms with E-state index in [0.717, 1.165) is 27.0 Å². The Morgan fingerprint density at radius 2 is 0.618 bits per heavy atom. The van der Waals surface area contributed by atoms with Crippen molar-refractivity contribution < 1.29 is 71.1 Å². The Bertz CT molecular complexity index is 3220. The van der Waals surface area contributed by atoms with Gasteiger partial charge >= 0.3 is 6.98 Å². The Morgan fingerprint density at radius 1 is 0.303 bits per heavy atom. The number of hydrogen-bond donors (Lipinski definition) is 0. The third-order valence-electron chi connectivity index (χ3n) is 13.2. The number of hydrogen-bond acceptors (Lipinski definition) is 19. The Hall–Kier alpha value is -6.60. The van der Waals surface area contributed by atoms with Crippen molar-refractivity contribution in [3.63, 3.8) is 0 Å². The lowest BCUT2D eigenvalue weighted by Crippen LogP contribution is -2.55. The molecule has 6 aliphatic heterocycles. The second-order valence-corrected chi connectivity index (χ2v) is 18.0. The molecule has 0 saturated heterocycles. The minimum absolute atomic E-state index is 0.261. The lowest BCUT2D eigenvalue weighted by Gasteiger charge is -2.24. The van der Waals surface area contributed by atoms with Gasteiger partial charge in [0.1, 0.15) is 62.3 Å². The topological polar surface area (TPSA) is 198 Å². The molecule has 0 atom stereocenters. The van der Waals surface area contributed by atoms with Crippen LogP contribution in [0, 0.1) is 0 Å². The normalized spacial score (nSPS) is 19.6. The molecule has 0 radical (unpaired) electrons. The van der Waals surface area contributed by atoms with E-state index < -0.39 is 6.98 Å². The third-order valence-corrected chi connectivity index (χ3v) is 13.2. The lowest BCUT2D eigenvalue weighted by molar-refractivity contribution is 0.00708. The highest BCUT2D eigenvalue weighted by Crippen LogP contribution is 2.46. The first-order chi connectivity index (χ1) is 37.8. The first-order valence-corrected chi connectivity index (χ1v) is 26.0. The first-order valence-electron chi connectivity index (χ1n) is 26.0. The zero-order chi connectivity index (χ0) is 50.9. The van der Waals surface area contributed by atoms with Crippen molar-refractivity contribution in [2.24, 2.45) is 20.0 Å². The molecule has 0 saturated carbocycles. The molecule has 4 bridgehead atoms. The van der Waals surface area contributed by atoms with Gasteiger partial charge in [0.2, 0.25) is 0 Å². The largest absolute Gasteiger partial charge is 0.487 e. The average molecular weight is 1040 g/mol. The van der Waals surface area contributed by atoms with E-state index in [1.165, 1.54) is 0 Å². The van der Waals surface area contributed by atoms with E-state index in [1.54, 1.807) is 0 Å². The molecule has 0 unspecified atom stereocenters. The molecule has 0 N–H and O–H groups in total. The van der Waals surface area contributed by atoms with Gasteiger partial charge in [0.15, 0.2) is 46.2 Å². The first kappa shape index (κ1) is 50.2. The summed E-state index contributed by atoms with van der Waals surface area (Å²) in [7, 11) is 0. The number of nitrogens with zero attached hydrogens (tertiary/aromatic N) is 6. The SMILES string of the molecule is c1ccc(B2n3c4c5cc6c(cc5c3N=c3c5cc7c(cc5c(n32)=NC2=NC(=N4)c3cc4c(cc32)OCCOCCOCCOCCO4)OCCOCCOCCOCCO7)OCCOCCOCCOCCO6)cc1. The van der Waals surface area contributed by atoms with Gasteiger partial charge < -0.3 is 80.0 Å². The van der Waals surface area contributed by atoms with Crippen LogP contribution in [0.2, 0.25) is 0 Å². The van der Waals surface area contributed by atoms with E-state index in [1.807, 2.05) is 54.6 Å². The molecule has 0 fully saturated rings. The minimum atomic E-state index is -0.579. The van der Waals surface area contributed by atoms with Gasteiger partial charge in [0.25, 0.3) is 0 Å². The molecule has 4 aromatic carbocycles. The summed E-state index contributed by atoms with van der Waals surface area (Å²) in [5.41, 5.74) is 3.55. The van der Waals surface area contributed by atoms with Crippen LogP contribution in [0.15, 0.2) is 86.7 Å². The molecular formula is C54H59BN6O15. The highest BCUT2D eigenvalue weighted by Gasteiger charge is 2.39. The van der Waals surface area contributed by atoms with Crippen LogP contribution in [0.25, 0.3) is 21.5 Å². The molecule has 0 amide bonds. The predicted molar refractivity (Wildman–Crippen MR) is 278 cm³/mol. The van der Waals surface area contributed by atoms with Crippen LogP contribution in [-0.4, -0.2) is 186 Å². The van der Waals surface area contributed by atoms with Crippen molar-refractivity contribution in [1.29, 1.82) is 0 Å². The number of rotatable bonds is 1. The fraction of sp³-hybridized carbons (Fsp3) is 0.444. The van der Waals surface area contributed by atoms with Gasteiger partial charge in [-0.3, -0.25) is 0 Å². The Kier molecular flexibility index (Phi) is 16.0.